The lowest BCUT2D eigenvalue weighted by Crippen LogP contribution is -2.33. The number of benzene rings is 1. The van der Waals surface area contributed by atoms with Gasteiger partial charge in [0, 0.05) is 33.0 Å². The van der Waals surface area contributed by atoms with E-state index in [0.717, 1.165) is 24.9 Å². The summed E-state index contributed by atoms with van der Waals surface area (Å²) >= 11 is 0. The zero-order valence-electron chi connectivity index (χ0n) is 17.7. The van der Waals surface area contributed by atoms with Crippen LogP contribution in [0.5, 0.6) is 0 Å². The summed E-state index contributed by atoms with van der Waals surface area (Å²) < 4.78 is 0. The number of rotatable bonds is 8. The third kappa shape index (κ3) is 5.78. The predicted molar refractivity (Wildman–Crippen MR) is 115 cm³/mol. The van der Waals surface area contributed by atoms with E-state index in [1.54, 1.807) is 19.0 Å². The Labute approximate surface area is 174 Å². The van der Waals surface area contributed by atoms with Crippen LogP contribution in [0, 0.1) is 24.7 Å². The third-order valence-corrected chi connectivity index (χ3v) is 6.16. The van der Waals surface area contributed by atoms with E-state index >= 15 is 0 Å². The van der Waals surface area contributed by atoms with Crippen LogP contribution in [0.25, 0.3) is 0 Å². The van der Waals surface area contributed by atoms with Crippen molar-refractivity contribution in [2.45, 2.75) is 38.4 Å². The molecule has 2 aliphatic carbocycles. The van der Waals surface area contributed by atoms with Crippen LogP contribution in [0.3, 0.4) is 0 Å². The minimum absolute atomic E-state index is 0.0719. The molecule has 3 rings (SSSR count). The Kier molecular flexibility index (Phi) is 7.28. The fraction of sp³-hybridized carbons (Fsp3) is 0.542. The van der Waals surface area contributed by atoms with Crippen LogP contribution < -0.4 is 5.32 Å². The molecule has 1 saturated carbocycles. The molecule has 3 N–H and O–H groups in total. The molecule has 1 amide bonds. The molecule has 2 aliphatic rings. The summed E-state index contributed by atoms with van der Waals surface area (Å²) in [5.74, 6) is 0.913. The maximum atomic E-state index is 11.7. The van der Waals surface area contributed by atoms with E-state index in [1.165, 1.54) is 11.1 Å². The van der Waals surface area contributed by atoms with Crippen LogP contribution in [0.4, 0.5) is 0 Å². The molecular formula is C24H34N2O3. The van der Waals surface area contributed by atoms with Gasteiger partial charge in [-0.15, -0.1) is 0 Å². The minimum Gasteiger partial charge on any atom is -0.392 e. The summed E-state index contributed by atoms with van der Waals surface area (Å²) in [5, 5.41) is 24.1. The Hall–Kier alpha value is -1.95. The van der Waals surface area contributed by atoms with Crippen LogP contribution >= 0.6 is 0 Å². The highest BCUT2D eigenvalue weighted by atomic mass is 16.3. The largest absolute Gasteiger partial charge is 0.392 e. The van der Waals surface area contributed by atoms with Crippen molar-refractivity contribution in [3.8, 4) is 0 Å². The van der Waals surface area contributed by atoms with Gasteiger partial charge in [-0.25, -0.2) is 0 Å². The molecule has 5 nitrogen and oxygen atoms in total. The molecule has 0 aliphatic heterocycles. The highest BCUT2D eigenvalue weighted by Crippen LogP contribution is 2.47. The molecule has 0 aromatic heterocycles. The summed E-state index contributed by atoms with van der Waals surface area (Å²) in [7, 11) is 3.52. The van der Waals surface area contributed by atoms with Crippen molar-refractivity contribution >= 4 is 5.91 Å². The predicted octanol–water partition coefficient (Wildman–Crippen LogP) is 2.08. The second-order valence-corrected chi connectivity index (χ2v) is 8.77. The molecule has 0 radical (unpaired) electrons. The second kappa shape index (κ2) is 9.70. The van der Waals surface area contributed by atoms with Gasteiger partial charge in [0.2, 0.25) is 5.91 Å². The van der Waals surface area contributed by atoms with E-state index < -0.39 is 6.10 Å². The number of likely N-dealkylation sites (N-methyl/N-ethyl adjacent to an activating group) is 1. The Morgan fingerprint density at radius 2 is 2.17 bits per heavy atom. The first-order chi connectivity index (χ1) is 13.8. The number of hydrogen-bond acceptors (Lipinski definition) is 4. The Bertz CT molecular complexity index is 771. The van der Waals surface area contributed by atoms with E-state index in [-0.39, 0.29) is 17.9 Å². The third-order valence-electron chi connectivity index (χ3n) is 6.16. The topological polar surface area (TPSA) is 72.8 Å². The van der Waals surface area contributed by atoms with Crippen LogP contribution in [0.1, 0.15) is 24.0 Å². The zero-order valence-corrected chi connectivity index (χ0v) is 17.7. The number of carbonyl (C=O) groups excluding carboxylic acids is 1. The SMILES string of the molecule is Cc1cccc(C[C@H](O)C=C[C@@H]2[C@H]3CC(CNCC(=O)N(C)C)=C[C@H]3C[C@H]2O)c1. The van der Waals surface area contributed by atoms with Gasteiger partial charge in [-0.05, 0) is 37.2 Å². The van der Waals surface area contributed by atoms with E-state index in [4.69, 9.17) is 0 Å². The van der Waals surface area contributed by atoms with E-state index in [2.05, 4.69) is 30.4 Å². The first-order valence-corrected chi connectivity index (χ1v) is 10.5. The fourth-order valence-corrected chi connectivity index (χ4v) is 4.63. The number of aliphatic hydroxyl groups excluding tert-OH is 2. The van der Waals surface area contributed by atoms with Crippen molar-refractivity contribution in [2.75, 3.05) is 27.2 Å². The normalized spacial score (nSPS) is 27.1. The first-order valence-electron chi connectivity index (χ1n) is 10.5. The highest BCUT2D eigenvalue weighted by Gasteiger charge is 2.43. The van der Waals surface area contributed by atoms with Crippen molar-refractivity contribution in [1.29, 1.82) is 0 Å². The van der Waals surface area contributed by atoms with Gasteiger partial charge in [-0.3, -0.25) is 4.79 Å². The van der Waals surface area contributed by atoms with Gasteiger partial charge >= 0.3 is 0 Å². The van der Waals surface area contributed by atoms with E-state index in [0.29, 0.717) is 24.8 Å². The van der Waals surface area contributed by atoms with E-state index in [1.807, 2.05) is 24.3 Å². The highest BCUT2D eigenvalue weighted by molar-refractivity contribution is 5.77. The number of carbonyl (C=O) groups is 1. The summed E-state index contributed by atoms with van der Waals surface area (Å²) in [4.78, 5) is 13.3. The number of nitrogens with zero attached hydrogens (tertiary/aromatic N) is 1. The molecule has 1 aromatic rings. The molecule has 158 valence electrons. The lowest BCUT2D eigenvalue weighted by Gasteiger charge is -2.19. The number of amides is 1. The summed E-state index contributed by atoms with van der Waals surface area (Å²) in [5.41, 5.74) is 3.63. The number of allylic oxidation sites excluding steroid dienone is 1. The number of fused-ring (bicyclic) bond motifs is 1. The molecule has 5 atom stereocenters. The molecule has 0 bridgehead atoms. The van der Waals surface area contributed by atoms with Crippen LogP contribution in [-0.4, -0.2) is 60.4 Å². The van der Waals surface area contributed by atoms with Gasteiger partial charge in [0.25, 0.3) is 0 Å². The van der Waals surface area contributed by atoms with Crippen molar-refractivity contribution in [1.82, 2.24) is 10.2 Å². The van der Waals surface area contributed by atoms with Gasteiger partial charge in [-0.1, -0.05) is 53.6 Å². The molecular weight excluding hydrogens is 364 g/mol. The van der Waals surface area contributed by atoms with Crippen LogP contribution in [0.15, 0.2) is 48.1 Å². The quantitative estimate of drug-likeness (QED) is 0.586. The Morgan fingerprint density at radius 3 is 2.90 bits per heavy atom. The molecule has 1 fully saturated rings. The zero-order chi connectivity index (χ0) is 21.0. The molecule has 0 saturated heterocycles. The number of aryl methyl sites for hydroxylation is 1. The van der Waals surface area contributed by atoms with Crippen molar-refractivity contribution in [2.24, 2.45) is 17.8 Å². The fourth-order valence-electron chi connectivity index (χ4n) is 4.63. The van der Waals surface area contributed by atoms with Gasteiger partial charge in [0.05, 0.1) is 18.8 Å². The van der Waals surface area contributed by atoms with Gasteiger partial charge in [0.1, 0.15) is 0 Å². The van der Waals surface area contributed by atoms with Crippen molar-refractivity contribution in [3.05, 3.63) is 59.2 Å². The number of nitrogens with one attached hydrogen (secondary N) is 1. The lowest BCUT2D eigenvalue weighted by molar-refractivity contribution is -0.127. The van der Waals surface area contributed by atoms with Crippen molar-refractivity contribution in [3.63, 3.8) is 0 Å². The van der Waals surface area contributed by atoms with E-state index in [9.17, 15) is 15.0 Å². The number of hydrogen-bond donors (Lipinski definition) is 3. The summed E-state index contributed by atoms with van der Waals surface area (Å²) in [6, 6.07) is 8.19. The smallest absolute Gasteiger partial charge is 0.236 e. The molecule has 0 spiro atoms. The van der Waals surface area contributed by atoms with Gasteiger partial charge < -0.3 is 20.4 Å². The second-order valence-electron chi connectivity index (χ2n) is 8.77. The minimum atomic E-state index is -0.546. The summed E-state index contributed by atoms with van der Waals surface area (Å²) in [6.45, 7) is 3.11. The van der Waals surface area contributed by atoms with Gasteiger partial charge in [-0.2, -0.15) is 0 Å². The van der Waals surface area contributed by atoms with Crippen molar-refractivity contribution < 1.29 is 15.0 Å². The molecule has 0 heterocycles. The number of aliphatic hydroxyl groups is 2. The lowest BCUT2D eigenvalue weighted by atomic mass is 9.89. The standard InChI is InChI=1S/C24H34N2O3/c1-16-5-4-6-17(9-16)11-20(27)7-8-21-22-12-18(10-19(22)13-23(21)28)14-25-15-24(29)26(2)3/h4-10,19-23,25,27-28H,11-15H2,1-3H3/t19-,20+,21+,22-,23+/m0/s1. The Morgan fingerprint density at radius 1 is 1.38 bits per heavy atom. The molecule has 5 heteroatoms. The monoisotopic (exact) mass is 398 g/mol. The first kappa shape index (κ1) is 21.8. The average molecular weight is 399 g/mol. The molecule has 1 aromatic carbocycles. The van der Waals surface area contributed by atoms with Gasteiger partial charge in [0.15, 0.2) is 0 Å². The summed E-state index contributed by atoms with van der Waals surface area (Å²) in [6.07, 6.45) is 7.55. The molecule has 29 heavy (non-hydrogen) atoms. The maximum absolute atomic E-state index is 11.7. The Balaban J connectivity index is 1.51. The van der Waals surface area contributed by atoms with Crippen LogP contribution in [0.2, 0.25) is 0 Å². The van der Waals surface area contributed by atoms with Crippen LogP contribution in [-0.2, 0) is 11.2 Å². The maximum Gasteiger partial charge on any atom is 0.236 e. The average Bonchev–Trinajstić information content (AvgIpc) is 3.16. The molecule has 0 unspecified atom stereocenters.